The van der Waals surface area contributed by atoms with E-state index in [0.29, 0.717) is 17.3 Å². The first-order valence-corrected chi connectivity index (χ1v) is 10.9. The predicted octanol–water partition coefficient (Wildman–Crippen LogP) is 5.26. The fourth-order valence-electron chi connectivity index (χ4n) is 2.11. The van der Waals surface area contributed by atoms with E-state index in [-0.39, 0.29) is 5.91 Å². The second kappa shape index (κ2) is 8.94. The van der Waals surface area contributed by atoms with Gasteiger partial charge in [0.2, 0.25) is 5.91 Å². The molecule has 7 heteroatoms. The number of benzene rings is 2. The number of carbonyl (C=O) groups excluding carboxylic acids is 1. The van der Waals surface area contributed by atoms with Crippen LogP contribution in [0.5, 0.6) is 0 Å². The minimum absolute atomic E-state index is 0.0341. The number of nitrogens with zero attached hydrogens (tertiary/aromatic N) is 1. The number of rotatable bonds is 7. The third-order valence-electron chi connectivity index (χ3n) is 3.37. The lowest BCUT2D eigenvalue weighted by molar-refractivity contribution is -0.118. The Bertz CT molecular complexity index is 864. The van der Waals surface area contributed by atoms with E-state index < -0.39 is 0 Å². The van der Waals surface area contributed by atoms with E-state index in [2.05, 4.69) is 41.5 Å². The molecule has 0 bridgehead atoms. The lowest BCUT2D eigenvalue weighted by Gasteiger charge is -2.04. The Morgan fingerprint density at radius 3 is 2.80 bits per heavy atom. The lowest BCUT2D eigenvalue weighted by Crippen LogP contribution is -2.27. The number of fused-ring (bicyclic) bond motifs is 1. The van der Waals surface area contributed by atoms with Crippen LogP contribution in [0, 0.1) is 6.92 Å². The fourth-order valence-corrected chi connectivity index (χ4v) is 4.93. The Kier molecular flexibility index (Phi) is 6.64. The summed E-state index contributed by atoms with van der Waals surface area (Å²) >= 11 is 10.8. The van der Waals surface area contributed by atoms with Gasteiger partial charge in [0.15, 0.2) is 4.34 Å². The molecule has 3 nitrogen and oxygen atoms in total. The van der Waals surface area contributed by atoms with Gasteiger partial charge in [-0.15, -0.1) is 23.1 Å². The molecule has 0 aliphatic heterocycles. The number of aromatic nitrogens is 1. The summed E-state index contributed by atoms with van der Waals surface area (Å²) in [5.41, 5.74) is 2.14. The predicted molar refractivity (Wildman–Crippen MR) is 110 cm³/mol. The molecule has 1 aromatic heterocycles. The molecule has 1 heterocycles. The summed E-state index contributed by atoms with van der Waals surface area (Å²) < 4.78 is 1.98. The van der Waals surface area contributed by atoms with Crippen molar-refractivity contribution in [3.05, 3.63) is 53.1 Å². The summed E-state index contributed by atoms with van der Waals surface area (Å²) in [6, 6.07) is 14.1. The van der Waals surface area contributed by atoms with E-state index in [9.17, 15) is 4.79 Å². The standard InChI is InChI=1S/C18H17ClN2OS3/c1-12-2-5-14(6-3-12)23-9-8-20-17(22)11-24-18-21-15-10-13(19)4-7-16(15)25-18/h2-7,10H,8-9,11H2,1H3,(H,20,22). The maximum Gasteiger partial charge on any atom is 0.230 e. The van der Waals surface area contributed by atoms with Gasteiger partial charge in [-0.1, -0.05) is 41.1 Å². The van der Waals surface area contributed by atoms with Crippen LogP contribution in [0.2, 0.25) is 5.02 Å². The van der Waals surface area contributed by atoms with E-state index in [4.69, 9.17) is 11.6 Å². The van der Waals surface area contributed by atoms with Crippen molar-refractivity contribution in [2.24, 2.45) is 0 Å². The van der Waals surface area contributed by atoms with Crippen molar-refractivity contribution in [2.75, 3.05) is 18.1 Å². The highest BCUT2D eigenvalue weighted by molar-refractivity contribution is 8.01. The molecule has 1 amide bonds. The van der Waals surface area contributed by atoms with E-state index >= 15 is 0 Å². The molecule has 130 valence electrons. The molecular weight excluding hydrogens is 392 g/mol. The van der Waals surface area contributed by atoms with Crippen molar-refractivity contribution < 1.29 is 4.79 Å². The van der Waals surface area contributed by atoms with Crippen LogP contribution in [0.1, 0.15) is 5.56 Å². The Labute approximate surface area is 164 Å². The van der Waals surface area contributed by atoms with Gasteiger partial charge in [-0.05, 0) is 37.3 Å². The summed E-state index contributed by atoms with van der Waals surface area (Å²) in [7, 11) is 0. The maximum absolute atomic E-state index is 12.0. The molecule has 0 atom stereocenters. The maximum atomic E-state index is 12.0. The van der Waals surface area contributed by atoms with Crippen molar-refractivity contribution in [1.82, 2.24) is 10.3 Å². The molecular formula is C18H17ClN2OS3. The van der Waals surface area contributed by atoms with Gasteiger partial charge in [0.25, 0.3) is 0 Å². The summed E-state index contributed by atoms with van der Waals surface area (Å²) in [6.07, 6.45) is 0. The number of halogens is 1. The smallest absolute Gasteiger partial charge is 0.230 e. The zero-order chi connectivity index (χ0) is 17.6. The second-order valence-electron chi connectivity index (χ2n) is 5.39. The molecule has 0 aliphatic carbocycles. The van der Waals surface area contributed by atoms with Gasteiger partial charge in [-0.2, -0.15) is 0 Å². The number of hydrogen-bond acceptors (Lipinski definition) is 5. The van der Waals surface area contributed by atoms with Crippen molar-refractivity contribution >= 4 is 62.6 Å². The number of amides is 1. The zero-order valence-corrected chi connectivity index (χ0v) is 16.8. The quantitative estimate of drug-likeness (QED) is 0.427. The molecule has 25 heavy (non-hydrogen) atoms. The van der Waals surface area contributed by atoms with Crippen LogP contribution in [-0.4, -0.2) is 28.9 Å². The van der Waals surface area contributed by atoms with Gasteiger partial charge in [0.1, 0.15) is 0 Å². The van der Waals surface area contributed by atoms with Gasteiger partial charge >= 0.3 is 0 Å². The average Bonchev–Trinajstić information content (AvgIpc) is 3.00. The Hall–Kier alpha value is -1.21. The highest BCUT2D eigenvalue weighted by Gasteiger charge is 2.08. The number of thioether (sulfide) groups is 2. The average molecular weight is 409 g/mol. The normalized spacial score (nSPS) is 11.0. The summed E-state index contributed by atoms with van der Waals surface area (Å²) in [5, 5.41) is 3.63. The molecule has 0 unspecified atom stereocenters. The molecule has 3 rings (SSSR count). The van der Waals surface area contributed by atoms with Crippen LogP contribution in [0.15, 0.2) is 51.7 Å². The molecule has 0 fully saturated rings. The van der Waals surface area contributed by atoms with Crippen LogP contribution in [0.3, 0.4) is 0 Å². The number of aryl methyl sites for hydroxylation is 1. The van der Waals surface area contributed by atoms with Crippen molar-refractivity contribution in [2.45, 2.75) is 16.2 Å². The minimum Gasteiger partial charge on any atom is -0.355 e. The number of hydrogen-bond donors (Lipinski definition) is 1. The SMILES string of the molecule is Cc1ccc(SCCNC(=O)CSc2nc3cc(Cl)ccc3s2)cc1. The van der Waals surface area contributed by atoms with Crippen molar-refractivity contribution in [3.63, 3.8) is 0 Å². The minimum atomic E-state index is 0.0341. The molecule has 3 aromatic rings. The summed E-state index contributed by atoms with van der Waals surface area (Å²) in [4.78, 5) is 17.7. The third kappa shape index (κ3) is 5.64. The molecule has 0 spiro atoms. The van der Waals surface area contributed by atoms with Gasteiger partial charge in [0.05, 0.1) is 16.0 Å². The van der Waals surface area contributed by atoms with E-state index in [1.807, 2.05) is 18.2 Å². The first-order valence-electron chi connectivity index (χ1n) is 7.75. The Morgan fingerprint density at radius 1 is 1.20 bits per heavy atom. The lowest BCUT2D eigenvalue weighted by atomic mass is 10.2. The van der Waals surface area contributed by atoms with Crippen molar-refractivity contribution in [1.29, 1.82) is 0 Å². The van der Waals surface area contributed by atoms with E-state index in [0.717, 1.165) is 20.3 Å². The number of nitrogens with one attached hydrogen (secondary N) is 1. The Balaban J connectivity index is 1.39. The van der Waals surface area contributed by atoms with Crippen molar-refractivity contribution in [3.8, 4) is 0 Å². The third-order valence-corrected chi connectivity index (χ3v) is 6.80. The largest absolute Gasteiger partial charge is 0.355 e. The van der Waals surface area contributed by atoms with E-state index in [1.54, 1.807) is 23.1 Å². The van der Waals surface area contributed by atoms with Crippen LogP contribution < -0.4 is 5.32 Å². The number of carbonyl (C=O) groups is 1. The Morgan fingerprint density at radius 2 is 2.00 bits per heavy atom. The topological polar surface area (TPSA) is 42.0 Å². The molecule has 2 aromatic carbocycles. The first kappa shape index (κ1) is 18.6. The van der Waals surface area contributed by atoms with E-state index in [1.165, 1.54) is 22.2 Å². The van der Waals surface area contributed by atoms with Crippen LogP contribution in [0.25, 0.3) is 10.2 Å². The van der Waals surface area contributed by atoms with Gasteiger partial charge in [0, 0.05) is 22.2 Å². The zero-order valence-electron chi connectivity index (χ0n) is 13.6. The molecule has 1 N–H and O–H groups in total. The van der Waals surface area contributed by atoms with Crippen LogP contribution >= 0.6 is 46.5 Å². The summed E-state index contributed by atoms with van der Waals surface area (Å²) in [5.74, 6) is 1.27. The fraction of sp³-hybridized carbons (Fsp3) is 0.222. The number of thiazole rings is 1. The van der Waals surface area contributed by atoms with Crippen LogP contribution in [-0.2, 0) is 4.79 Å². The monoisotopic (exact) mass is 408 g/mol. The summed E-state index contributed by atoms with van der Waals surface area (Å²) in [6.45, 7) is 2.74. The highest BCUT2D eigenvalue weighted by Crippen LogP contribution is 2.30. The highest BCUT2D eigenvalue weighted by atomic mass is 35.5. The molecule has 0 radical (unpaired) electrons. The first-order chi connectivity index (χ1) is 12.1. The molecule has 0 aliphatic rings. The van der Waals surface area contributed by atoms with Gasteiger partial charge < -0.3 is 5.32 Å². The molecule has 0 saturated heterocycles. The van der Waals surface area contributed by atoms with Gasteiger partial charge in [-0.25, -0.2) is 4.98 Å². The second-order valence-corrected chi connectivity index (χ2v) is 9.25. The van der Waals surface area contributed by atoms with Gasteiger partial charge in [-0.3, -0.25) is 4.79 Å². The van der Waals surface area contributed by atoms with Crippen LogP contribution in [0.4, 0.5) is 0 Å². The molecule has 0 saturated carbocycles.